The number of fused-ring (bicyclic) bond motifs is 1. The summed E-state index contributed by atoms with van der Waals surface area (Å²) in [4.78, 5) is 62.2. The van der Waals surface area contributed by atoms with Gasteiger partial charge in [0, 0.05) is 17.3 Å². The van der Waals surface area contributed by atoms with Gasteiger partial charge >= 0.3 is 18.1 Å². The van der Waals surface area contributed by atoms with Gasteiger partial charge in [-0.15, -0.1) is 0 Å². The summed E-state index contributed by atoms with van der Waals surface area (Å²) in [6.07, 6.45) is -0.980. The summed E-state index contributed by atoms with van der Waals surface area (Å²) >= 11 is 0. The smallest absolute Gasteiger partial charge is 0.417 e. The van der Waals surface area contributed by atoms with Crippen molar-refractivity contribution < 1.29 is 55.7 Å². The number of pyridine rings is 1. The van der Waals surface area contributed by atoms with Crippen molar-refractivity contribution in [3.05, 3.63) is 89.9 Å². The van der Waals surface area contributed by atoms with E-state index in [9.17, 15) is 41.1 Å². The number of nitrogens with one attached hydrogen (secondary N) is 2. The molecule has 1 aromatic heterocycles. The van der Waals surface area contributed by atoms with Crippen LogP contribution in [0.2, 0.25) is 0 Å². The normalized spacial score (nSPS) is 13.1. The van der Waals surface area contributed by atoms with E-state index in [1.165, 1.54) is 62.6 Å². The molecule has 0 aliphatic carbocycles. The molecule has 5 rings (SSSR count). The molecule has 2 aromatic carbocycles. The largest absolute Gasteiger partial charge is 0.494 e. The predicted octanol–water partition coefficient (Wildman–Crippen LogP) is 5.21. The molecule has 56 heavy (non-hydrogen) atoms. The van der Waals surface area contributed by atoms with Crippen LogP contribution in [0, 0.1) is 11.6 Å². The third-order valence-corrected chi connectivity index (χ3v) is 8.18. The van der Waals surface area contributed by atoms with E-state index >= 15 is 0 Å². The van der Waals surface area contributed by atoms with Gasteiger partial charge in [0.1, 0.15) is 35.8 Å². The lowest BCUT2D eigenvalue weighted by Crippen LogP contribution is -2.49. The lowest BCUT2D eigenvalue weighted by Gasteiger charge is -2.20. The molecule has 0 spiro atoms. The first kappa shape index (κ1) is 40.7. The van der Waals surface area contributed by atoms with E-state index < -0.39 is 78.3 Å². The molecule has 3 atom stereocenters. The van der Waals surface area contributed by atoms with Gasteiger partial charge in [0.15, 0.2) is 23.5 Å². The number of carbonyl (C=O) groups is 4. The minimum Gasteiger partial charge on any atom is -0.494 e. The Morgan fingerprint density at radius 3 is 2.32 bits per heavy atom. The van der Waals surface area contributed by atoms with Crippen molar-refractivity contribution in [3.63, 3.8) is 0 Å². The highest BCUT2D eigenvalue weighted by molar-refractivity contribution is 5.90. The van der Waals surface area contributed by atoms with E-state index in [4.69, 9.17) is 14.6 Å². The number of carboxylic acids is 1. The van der Waals surface area contributed by atoms with Gasteiger partial charge in [-0.25, -0.2) is 23.5 Å². The second-order valence-corrected chi connectivity index (χ2v) is 12.4. The molecule has 0 saturated heterocycles. The average molecular weight is 784 g/mol. The number of nitrogens with zero attached hydrogens (tertiary/aromatic N) is 5. The molecular formula is C37H34F5N7O7. The molecule has 3 aromatic rings. The van der Waals surface area contributed by atoms with E-state index in [2.05, 4.69) is 30.7 Å². The van der Waals surface area contributed by atoms with Crippen molar-refractivity contribution >= 4 is 23.8 Å². The van der Waals surface area contributed by atoms with E-state index in [1.54, 1.807) is 0 Å². The number of hydrogen-bond acceptors (Lipinski definition) is 10. The fraction of sp³-hybridized carbons (Fsp3) is 0.297. The number of halogens is 5. The average Bonchev–Trinajstić information content (AvgIpc) is 3.58. The molecule has 0 fully saturated rings. The highest BCUT2D eigenvalue weighted by atomic mass is 19.4. The Balaban J connectivity index is 1.43. The number of esters is 1. The first-order chi connectivity index (χ1) is 26.6. The van der Waals surface area contributed by atoms with Crippen LogP contribution in [0.25, 0.3) is 34.0 Å². The Bertz CT molecular complexity index is 2200. The van der Waals surface area contributed by atoms with Gasteiger partial charge in [-0.2, -0.15) is 18.3 Å². The summed E-state index contributed by atoms with van der Waals surface area (Å²) in [6.45, 7) is 4.09. The number of ether oxygens (including phenoxy) is 2. The van der Waals surface area contributed by atoms with Crippen LogP contribution in [0.15, 0.2) is 67.1 Å². The number of alkyl halides is 3. The van der Waals surface area contributed by atoms with Crippen molar-refractivity contribution in [2.45, 2.75) is 57.9 Å². The van der Waals surface area contributed by atoms with Crippen LogP contribution in [0.1, 0.15) is 50.8 Å². The summed E-state index contributed by atoms with van der Waals surface area (Å²) in [5.74, 6) is -6.19. The van der Waals surface area contributed by atoms with E-state index in [0.717, 1.165) is 23.0 Å². The maximum Gasteiger partial charge on any atom is 0.417 e. The summed E-state index contributed by atoms with van der Waals surface area (Å²) in [5, 5.41) is 17.8. The highest BCUT2D eigenvalue weighted by Crippen LogP contribution is 2.39. The second-order valence-electron chi connectivity index (χ2n) is 12.4. The minimum atomic E-state index is -4.76. The topological polar surface area (TPSA) is 188 Å². The summed E-state index contributed by atoms with van der Waals surface area (Å²) < 4.78 is 82.8. The first-order valence-corrected chi connectivity index (χ1v) is 17.0. The molecule has 2 amide bonds. The zero-order valence-corrected chi connectivity index (χ0v) is 29.9. The fourth-order valence-electron chi connectivity index (χ4n) is 5.29. The Kier molecular flexibility index (Phi) is 12.6. The number of aromatic nitrogens is 5. The monoisotopic (exact) mass is 783 g/mol. The van der Waals surface area contributed by atoms with Crippen LogP contribution in [-0.2, 0) is 30.1 Å². The van der Waals surface area contributed by atoms with Gasteiger partial charge in [-0.3, -0.25) is 24.0 Å². The van der Waals surface area contributed by atoms with Crippen LogP contribution in [0.5, 0.6) is 5.75 Å². The van der Waals surface area contributed by atoms with Gasteiger partial charge in [-0.1, -0.05) is 19.1 Å². The predicted molar refractivity (Wildman–Crippen MR) is 187 cm³/mol. The molecule has 0 bridgehead atoms. The number of hydrogen-bond donors (Lipinski definition) is 3. The van der Waals surface area contributed by atoms with E-state index in [0.29, 0.717) is 6.42 Å². The standard InChI is InChI=1S/C37H34F5N7O7/c1-4-13-55-22-9-10-23(25(15-22)37(40,41)42)27-11-8-21(16-43-27)32(36(54)56-14-12-30(50)45-19(2)34(51)46-20(3)35(52)53)49-18-29-28(17-44-49)47-33(48-29)24-6-5-7-26(38)31(24)39/h5-11,15-20,32H,4,12-14H2,1-3H3,(H,45,50)(H,46,51)(H,52,53). The lowest BCUT2D eigenvalue weighted by molar-refractivity contribution is -0.147. The number of benzene rings is 2. The summed E-state index contributed by atoms with van der Waals surface area (Å²) in [7, 11) is 0. The fourth-order valence-corrected chi connectivity index (χ4v) is 5.29. The van der Waals surface area contributed by atoms with E-state index in [-0.39, 0.29) is 52.0 Å². The maximum absolute atomic E-state index is 14.5. The number of carboxylic acid groups (broad SMARTS) is 1. The zero-order chi connectivity index (χ0) is 40.7. The molecule has 14 nitrogen and oxygen atoms in total. The molecule has 2 aliphatic rings. The Labute approximate surface area is 315 Å². The van der Waals surface area contributed by atoms with Crippen molar-refractivity contribution in [3.8, 4) is 39.8 Å². The SMILES string of the molecule is CCCOc1ccc(-c2ccc(C(C(=O)OCCC(=O)NC(C)C(=O)NC(C)C(=O)O)n3cc4nc(-c5cccc(F)c5F)nc-4cn3)cn2)c(C(F)(F)F)c1. The third-order valence-electron chi connectivity index (χ3n) is 8.18. The molecule has 3 unspecified atom stereocenters. The van der Waals surface area contributed by atoms with Crippen molar-refractivity contribution in [1.82, 2.24) is 35.4 Å². The number of amides is 2. The Morgan fingerprint density at radius 1 is 0.893 bits per heavy atom. The molecule has 3 heterocycles. The van der Waals surface area contributed by atoms with Gasteiger partial charge < -0.3 is 25.2 Å². The molecule has 3 N–H and O–H groups in total. The molecule has 2 aliphatic heterocycles. The lowest BCUT2D eigenvalue weighted by atomic mass is 10.0. The van der Waals surface area contributed by atoms with Crippen LogP contribution < -0.4 is 15.4 Å². The molecular weight excluding hydrogens is 749 g/mol. The first-order valence-electron chi connectivity index (χ1n) is 17.0. The maximum atomic E-state index is 14.5. The van der Waals surface area contributed by atoms with Gasteiger partial charge in [0.2, 0.25) is 11.8 Å². The van der Waals surface area contributed by atoms with Crippen LogP contribution in [0.4, 0.5) is 22.0 Å². The highest BCUT2D eigenvalue weighted by Gasteiger charge is 2.35. The Hall–Kier alpha value is -6.53. The van der Waals surface area contributed by atoms with Gasteiger partial charge in [0.05, 0.1) is 42.2 Å². The van der Waals surface area contributed by atoms with Crippen molar-refractivity contribution in [2.24, 2.45) is 0 Å². The van der Waals surface area contributed by atoms with Gasteiger partial charge in [-0.05, 0) is 56.7 Å². The number of rotatable bonds is 15. The van der Waals surface area contributed by atoms with Crippen LogP contribution in [-0.4, -0.2) is 78.9 Å². The number of carbonyl (C=O) groups excluding carboxylic acids is 3. The Morgan fingerprint density at radius 2 is 1.64 bits per heavy atom. The third kappa shape index (κ3) is 9.57. The second kappa shape index (κ2) is 17.3. The summed E-state index contributed by atoms with van der Waals surface area (Å²) in [5.41, 5.74) is -1.22. The minimum absolute atomic E-state index is 0.0262. The van der Waals surface area contributed by atoms with Crippen LogP contribution in [0.3, 0.4) is 0 Å². The van der Waals surface area contributed by atoms with Crippen molar-refractivity contribution in [2.75, 3.05) is 13.2 Å². The van der Waals surface area contributed by atoms with Crippen LogP contribution >= 0.6 is 0 Å². The van der Waals surface area contributed by atoms with Crippen molar-refractivity contribution in [1.29, 1.82) is 0 Å². The van der Waals surface area contributed by atoms with E-state index in [1.807, 2.05) is 6.92 Å². The zero-order valence-electron chi connectivity index (χ0n) is 29.9. The van der Waals surface area contributed by atoms with Gasteiger partial charge in [0.25, 0.3) is 0 Å². The molecule has 0 saturated carbocycles. The number of imidazole rings is 1. The summed E-state index contributed by atoms with van der Waals surface area (Å²) in [6, 6.07) is 5.76. The molecule has 294 valence electrons. The molecule has 0 radical (unpaired) electrons. The quantitative estimate of drug-likeness (QED) is 0.0935. The molecule has 19 heteroatoms. The number of aliphatic carboxylic acids is 1.